The Morgan fingerprint density at radius 3 is 2.83 bits per heavy atom. The van der Waals surface area contributed by atoms with Gasteiger partial charge >= 0.3 is 0 Å². The molecule has 0 spiro atoms. The van der Waals surface area contributed by atoms with Gasteiger partial charge in [0.15, 0.2) is 0 Å². The molecular formula is C13H14ClN3O. The van der Waals surface area contributed by atoms with Gasteiger partial charge in [-0.3, -0.25) is 9.78 Å². The second-order valence-corrected chi connectivity index (χ2v) is 4.39. The Balaban J connectivity index is 1.91. The van der Waals surface area contributed by atoms with Crippen molar-refractivity contribution in [2.75, 3.05) is 6.54 Å². The summed E-state index contributed by atoms with van der Waals surface area (Å²) in [4.78, 5) is 15.9. The van der Waals surface area contributed by atoms with Gasteiger partial charge in [-0.25, -0.2) is 0 Å². The number of carbonyl (C=O) groups is 1. The predicted molar refractivity (Wildman–Crippen MR) is 70.7 cm³/mol. The third-order valence-corrected chi connectivity index (χ3v) is 2.87. The lowest BCUT2D eigenvalue weighted by molar-refractivity contribution is 0.0952. The molecular weight excluding hydrogens is 250 g/mol. The van der Waals surface area contributed by atoms with Crippen LogP contribution in [0.5, 0.6) is 0 Å². The molecule has 1 amide bonds. The normalized spacial score (nSPS) is 10.3. The quantitative estimate of drug-likeness (QED) is 0.920. The molecule has 18 heavy (non-hydrogen) atoms. The number of hydrogen-bond acceptors (Lipinski definition) is 2. The maximum Gasteiger partial charge on any atom is 0.254 e. The molecule has 2 rings (SSSR count). The predicted octanol–water partition coefficient (Wildman–Crippen LogP) is 2.27. The van der Waals surface area contributed by atoms with Crippen LogP contribution in [0.1, 0.15) is 16.1 Å². The molecule has 2 heterocycles. The fourth-order valence-corrected chi connectivity index (χ4v) is 1.90. The number of nitrogens with one attached hydrogen (secondary N) is 1. The van der Waals surface area contributed by atoms with Gasteiger partial charge in [-0.05, 0) is 25.1 Å². The van der Waals surface area contributed by atoms with E-state index in [4.69, 9.17) is 11.6 Å². The Morgan fingerprint density at radius 2 is 2.17 bits per heavy atom. The molecule has 0 saturated carbocycles. The highest BCUT2D eigenvalue weighted by molar-refractivity contribution is 6.33. The van der Waals surface area contributed by atoms with Gasteiger partial charge in [-0.1, -0.05) is 11.6 Å². The average molecular weight is 264 g/mol. The summed E-state index contributed by atoms with van der Waals surface area (Å²) in [6.07, 6.45) is 5.40. The first-order valence-electron chi connectivity index (χ1n) is 5.68. The largest absolute Gasteiger partial charge is 0.353 e. The number of aryl methyl sites for hydroxylation is 1. The summed E-state index contributed by atoms with van der Waals surface area (Å²) in [5.74, 6) is -0.195. The van der Waals surface area contributed by atoms with E-state index in [-0.39, 0.29) is 5.91 Å². The van der Waals surface area contributed by atoms with Crippen molar-refractivity contribution < 1.29 is 4.79 Å². The SMILES string of the molecule is Cc1cc(Cl)c(C(=O)NCCn2cccc2)cn1. The van der Waals surface area contributed by atoms with Gasteiger partial charge in [0.1, 0.15) is 0 Å². The molecule has 4 nitrogen and oxygen atoms in total. The van der Waals surface area contributed by atoms with Crippen LogP contribution in [-0.2, 0) is 6.54 Å². The maximum atomic E-state index is 11.9. The average Bonchev–Trinajstić information content (AvgIpc) is 2.81. The van der Waals surface area contributed by atoms with Crippen molar-refractivity contribution in [2.24, 2.45) is 0 Å². The van der Waals surface area contributed by atoms with E-state index in [0.717, 1.165) is 12.2 Å². The van der Waals surface area contributed by atoms with Gasteiger partial charge in [0.25, 0.3) is 5.91 Å². The summed E-state index contributed by atoms with van der Waals surface area (Å²) >= 11 is 6.00. The zero-order valence-corrected chi connectivity index (χ0v) is 10.8. The molecule has 2 aromatic rings. The molecule has 1 N–H and O–H groups in total. The molecule has 0 aliphatic carbocycles. The first-order chi connectivity index (χ1) is 8.66. The minimum Gasteiger partial charge on any atom is -0.353 e. The molecule has 0 unspecified atom stereocenters. The first kappa shape index (κ1) is 12.6. The van der Waals surface area contributed by atoms with E-state index >= 15 is 0 Å². The lowest BCUT2D eigenvalue weighted by Crippen LogP contribution is -2.27. The highest BCUT2D eigenvalue weighted by atomic mass is 35.5. The van der Waals surface area contributed by atoms with Crippen molar-refractivity contribution in [1.82, 2.24) is 14.9 Å². The van der Waals surface area contributed by atoms with Crippen molar-refractivity contribution in [1.29, 1.82) is 0 Å². The number of nitrogens with zero attached hydrogens (tertiary/aromatic N) is 2. The maximum absolute atomic E-state index is 11.9. The fourth-order valence-electron chi connectivity index (χ4n) is 1.61. The Bertz CT molecular complexity index is 537. The first-order valence-corrected chi connectivity index (χ1v) is 6.06. The zero-order valence-electron chi connectivity index (χ0n) is 10.1. The van der Waals surface area contributed by atoms with Crippen LogP contribution < -0.4 is 5.32 Å². The monoisotopic (exact) mass is 263 g/mol. The van der Waals surface area contributed by atoms with Crippen molar-refractivity contribution in [3.63, 3.8) is 0 Å². The third kappa shape index (κ3) is 3.11. The zero-order chi connectivity index (χ0) is 13.0. The van der Waals surface area contributed by atoms with Crippen molar-refractivity contribution >= 4 is 17.5 Å². The smallest absolute Gasteiger partial charge is 0.254 e. The number of pyridine rings is 1. The number of carbonyl (C=O) groups excluding carboxylic acids is 1. The van der Waals surface area contributed by atoms with E-state index in [1.165, 1.54) is 6.20 Å². The Morgan fingerprint density at radius 1 is 1.44 bits per heavy atom. The molecule has 0 aliphatic rings. The van der Waals surface area contributed by atoms with E-state index in [1.54, 1.807) is 6.07 Å². The summed E-state index contributed by atoms with van der Waals surface area (Å²) in [7, 11) is 0. The van der Waals surface area contributed by atoms with Gasteiger partial charge in [0, 0.05) is 37.4 Å². The number of halogens is 1. The van der Waals surface area contributed by atoms with Crippen LogP contribution in [-0.4, -0.2) is 22.0 Å². The van der Waals surface area contributed by atoms with Gasteiger partial charge in [-0.2, -0.15) is 0 Å². The van der Waals surface area contributed by atoms with Crippen LogP contribution in [0.4, 0.5) is 0 Å². The number of amides is 1. The third-order valence-electron chi connectivity index (χ3n) is 2.56. The van der Waals surface area contributed by atoms with E-state index in [2.05, 4.69) is 10.3 Å². The second-order valence-electron chi connectivity index (χ2n) is 3.98. The van der Waals surface area contributed by atoms with Crippen LogP contribution in [0.15, 0.2) is 36.8 Å². The number of rotatable bonds is 4. The summed E-state index contributed by atoms with van der Waals surface area (Å²) < 4.78 is 2.00. The van der Waals surface area contributed by atoms with Crippen LogP contribution in [0.3, 0.4) is 0 Å². The van der Waals surface area contributed by atoms with Crippen LogP contribution in [0.25, 0.3) is 0 Å². The fraction of sp³-hybridized carbons (Fsp3) is 0.231. The van der Waals surface area contributed by atoms with E-state index < -0.39 is 0 Å². The molecule has 94 valence electrons. The molecule has 0 aliphatic heterocycles. The summed E-state index contributed by atoms with van der Waals surface area (Å²) in [5, 5.41) is 3.24. The molecule has 0 atom stereocenters. The lowest BCUT2D eigenvalue weighted by Gasteiger charge is -2.07. The van der Waals surface area contributed by atoms with E-state index in [9.17, 15) is 4.79 Å². The molecule has 0 saturated heterocycles. The Kier molecular flexibility index (Phi) is 3.99. The molecule has 0 radical (unpaired) electrons. The highest BCUT2D eigenvalue weighted by Crippen LogP contribution is 2.15. The molecule has 0 bridgehead atoms. The Labute approximate surface area is 111 Å². The van der Waals surface area contributed by atoms with Crippen molar-refractivity contribution in [3.05, 3.63) is 53.1 Å². The Hall–Kier alpha value is -1.81. The number of aromatic nitrogens is 2. The number of hydrogen-bond donors (Lipinski definition) is 1. The van der Waals surface area contributed by atoms with Crippen molar-refractivity contribution in [2.45, 2.75) is 13.5 Å². The molecule has 5 heteroatoms. The van der Waals surface area contributed by atoms with Crippen LogP contribution in [0.2, 0.25) is 5.02 Å². The van der Waals surface area contributed by atoms with Gasteiger partial charge in [0.2, 0.25) is 0 Å². The van der Waals surface area contributed by atoms with E-state index in [0.29, 0.717) is 17.1 Å². The second kappa shape index (κ2) is 5.69. The summed E-state index contributed by atoms with van der Waals surface area (Å²) in [6.45, 7) is 3.12. The van der Waals surface area contributed by atoms with Gasteiger partial charge in [-0.15, -0.1) is 0 Å². The molecule has 2 aromatic heterocycles. The standard InChI is InChI=1S/C13H14ClN3O/c1-10-8-12(14)11(9-16-10)13(18)15-4-7-17-5-2-3-6-17/h2-3,5-6,8-9H,4,7H2,1H3,(H,15,18). The summed E-state index contributed by atoms with van der Waals surface area (Å²) in [5.41, 5.74) is 1.21. The van der Waals surface area contributed by atoms with E-state index in [1.807, 2.05) is 36.0 Å². The topological polar surface area (TPSA) is 46.9 Å². The van der Waals surface area contributed by atoms with Crippen LogP contribution >= 0.6 is 11.6 Å². The lowest BCUT2D eigenvalue weighted by atomic mass is 10.2. The minimum absolute atomic E-state index is 0.195. The summed E-state index contributed by atoms with van der Waals surface area (Å²) in [6, 6.07) is 5.58. The minimum atomic E-state index is -0.195. The van der Waals surface area contributed by atoms with Gasteiger partial charge in [0.05, 0.1) is 10.6 Å². The molecule has 0 fully saturated rings. The molecule has 0 aromatic carbocycles. The highest BCUT2D eigenvalue weighted by Gasteiger charge is 2.10. The van der Waals surface area contributed by atoms with Gasteiger partial charge < -0.3 is 9.88 Å². The van der Waals surface area contributed by atoms with Crippen LogP contribution in [0, 0.1) is 6.92 Å². The van der Waals surface area contributed by atoms with Crippen molar-refractivity contribution in [3.8, 4) is 0 Å².